The minimum absolute atomic E-state index is 0.0591. The molecule has 0 saturated heterocycles. The maximum Gasteiger partial charge on any atom is 0.266 e. The maximum atomic E-state index is 12.7. The first-order chi connectivity index (χ1) is 14.7. The van der Waals surface area contributed by atoms with Gasteiger partial charge in [-0.2, -0.15) is 0 Å². The fraction of sp³-hybridized carbons (Fsp3) is 0.100. The monoisotopic (exact) mass is 493 g/mol. The SMILES string of the molecule is O=C(Cc1ccc(-n2cnc3cc(Cl)ccc3c2=O)nc1)CS(=O)(=O)c1ccc(Cl)s1. The number of aromatic nitrogens is 3. The van der Waals surface area contributed by atoms with Crippen LogP contribution in [0.2, 0.25) is 9.36 Å². The van der Waals surface area contributed by atoms with E-state index < -0.39 is 21.4 Å². The minimum Gasteiger partial charge on any atom is -0.298 e. The van der Waals surface area contributed by atoms with Gasteiger partial charge in [0, 0.05) is 17.6 Å². The molecule has 4 aromatic rings. The Bertz CT molecular complexity index is 1460. The van der Waals surface area contributed by atoms with Crippen LogP contribution in [0.25, 0.3) is 16.7 Å². The van der Waals surface area contributed by atoms with E-state index in [1.165, 1.54) is 29.2 Å². The molecule has 7 nitrogen and oxygen atoms in total. The lowest BCUT2D eigenvalue weighted by Crippen LogP contribution is -2.20. The Hall–Kier alpha value is -2.59. The van der Waals surface area contributed by atoms with E-state index in [0.29, 0.717) is 31.6 Å². The summed E-state index contributed by atoms with van der Waals surface area (Å²) in [5, 5.41) is 0.875. The van der Waals surface area contributed by atoms with Gasteiger partial charge < -0.3 is 0 Å². The molecular formula is C20H13Cl2N3O4S2. The van der Waals surface area contributed by atoms with Gasteiger partial charge in [-0.15, -0.1) is 11.3 Å². The van der Waals surface area contributed by atoms with Gasteiger partial charge in [0.25, 0.3) is 5.56 Å². The van der Waals surface area contributed by atoms with Crippen LogP contribution >= 0.6 is 34.5 Å². The number of carbonyl (C=O) groups is 1. The molecule has 158 valence electrons. The van der Waals surface area contributed by atoms with Crippen LogP contribution in [0.5, 0.6) is 0 Å². The number of Topliss-reactive ketones (excluding diaryl/α,β-unsaturated/α-hetero) is 1. The van der Waals surface area contributed by atoms with Crippen LogP contribution in [0.1, 0.15) is 5.56 Å². The summed E-state index contributed by atoms with van der Waals surface area (Å²) in [4.78, 5) is 33.4. The number of thiophene rings is 1. The molecule has 0 atom stereocenters. The molecular weight excluding hydrogens is 481 g/mol. The fourth-order valence-corrected chi connectivity index (χ4v) is 5.93. The van der Waals surface area contributed by atoms with Gasteiger partial charge in [-0.3, -0.25) is 14.2 Å². The standard InChI is InChI=1S/C20H13Cl2N3O4S2/c21-13-2-3-15-16(8-13)24-11-25(20(15)27)18-5-1-12(9-23-18)7-14(26)10-31(28,29)19-6-4-17(22)30-19/h1-6,8-9,11H,7,10H2. The molecule has 0 bridgehead atoms. The van der Waals surface area contributed by atoms with Crippen LogP contribution in [0.3, 0.4) is 0 Å². The number of fused-ring (bicyclic) bond motifs is 1. The third kappa shape index (κ3) is 4.69. The molecule has 1 aromatic carbocycles. The minimum atomic E-state index is -3.74. The Morgan fingerprint density at radius 2 is 1.87 bits per heavy atom. The molecule has 0 aliphatic rings. The number of rotatable bonds is 6. The Morgan fingerprint density at radius 1 is 1.06 bits per heavy atom. The summed E-state index contributed by atoms with van der Waals surface area (Å²) in [7, 11) is -3.74. The van der Waals surface area contributed by atoms with E-state index in [1.807, 2.05) is 0 Å². The van der Waals surface area contributed by atoms with Crippen molar-refractivity contribution < 1.29 is 13.2 Å². The van der Waals surface area contributed by atoms with Gasteiger partial charge in [0.1, 0.15) is 22.1 Å². The lowest BCUT2D eigenvalue weighted by Gasteiger charge is -2.07. The van der Waals surface area contributed by atoms with E-state index in [0.717, 1.165) is 11.3 Å². The molecule has 31 heavy (non-hydrogen) atoms. The smallest absolute Gasteiger partial charge is 0.266 e. The summed E-state index contributed by atoms with van der Waals surface area (Å²) in [6.45, 7) is 0. The maximum absolute atomic E-state index is 12.7. The number of hydrogen-bond acceptors (Lipinski definition) is 7. The highest BCUT2D eigenvalue weighted by atomic mass is 35.5. The third-order valence-electron chi connectivity index (χ3n) is 4.38. The predicted octanol–water partition coefficient (Wildman–Crippen LogP) is 3.73. The molecule has 4 rings (SSSR count). The van der Waals surface area contributed by atoms with Gasteiger partial charge >= 0.3 is 0 Å². The van der Waals surface area contributed by atoms with Crippen molar-refractivity contribution in [2.24, 2.45) is 0 Å². The summed E-state index contributed by atoms with van der Waals surface area (Å²) in [6.07, 6.45) is 2.68. The molecule has 0 amide bonds. The van der Waals surface area contributed by atoms with E-state index in [4.69, 9.17) is 23.2 Å². The number of halogens is 2. The second-order valence-electron chi connectivity index (χ2n) is 6.64. The van der Waals surface area contributed by atoms with Crippen LogP contribution < -0.4 is 5.56 Å². The summed E-state index contributed by atoms with van der Waals surface area (Å²) in [6, 6.07) is 10.9. The number of hydrogen-bond donors (Lipinski definition) is 0. The van der Waals surface area contributed by atoms with Gasteiger partial charge in [0.15, 0.2) is 15.6 Å². The molecule has 0 aliphatic heterocycles. The number of carbonyl (C=O) groups excluding carboxylic acids is 1. The molecule has 0 aliphatic carbocycles. The van der Waals surface area contributed by atoms with E-state index in [2.05, 4.69) is 9.97 Å². The quantitative estimate of drug-likeness (QED) is 0.405. The second-order valence-corrected chi connectivity index (χ2v) is 11.0. The van der Waals surface area contributed by atoms with Crippen molar-refractivity contribution in [1.29, 1.82) is 0 Å². The number of benzene rings is 1. The van der Waals surface area contributed by atoms with Crippen molar-refractivity contribution in [3.8, 4) is 5.82 Å². The fourth-order valence-electron chi connectivity index (χ4n) is 2.95. The summed E-state index contributed by atoms with van der Waals surface area (Å²) >= 11 is 12.6. The highest BCUT2D eigenvalue weighted by Crippen LogP contribution is 2.26. The average Bonchev–Trinajstić information content (AvgIpc) is 3.16. The largest absolute Gasteiger partial charge is 0.298 e. The molecule has 3 heterocycles. The Kier molecular flexibility index (Phi) is 5.94. The molecule has 11 heteroatoms. The highest BCUT2D eigenvalue weighted by Gasteiger charge is 2.21. The van der Waals surface area contributed by atoms with Crippen molar-refractivity contribution in [3.05, 3.63) is 80.3 Å². The molecule has 0 unspecified atom stereocenters. The lowest BCUT2D eigenvalue weighted by molar-refractivity contribution is -0.116. The number of pyridine rings is 1. The van der Waals surface area contributed by atoms with E-state index in [-0.39, 0.29) is 16.2 Å². The predicted molar refractivity (Wildman–Crippen MR) is 120 cm³/mol. The van der Waals surface area contributed by atoms with Crippen LogP contribution in [0, 0.1) is 0 Å². The average molecular weight is 494 g/mol. The van der Waals surface area contributed by atoms with Crippen molar-refractivity contribution in [3.63, 3.8) is 0 Å². The van der Waals surface area contributed by atoms with Crippen LogP contribution in [-0.4, -0.2) is 34.5 Å². The normalized spacial score (nSPS) is 11.7. The third-order valence-corrected chi connectivity index (χ3v) is 8.11. The summed E-state index contributed by atoms with van der Waals surface area (Å²) in [5.41, 5.74) is 0.699. The highest BCUT2D eigenvalue weighted by molar-refractivity contribution is 7.94. The Morgan fingerprint density at radius 3 is 2.55 bits per heavy atom. The second kappa shape index (κ2) is 8.51. The van der Waals surface area contributed by atoms with Crippen molar-refractivity contribution in [2.45, 2.75) is 10.6 Å². The Labute approximate surface area is 190 Å². The topological polar surface area (TPSA) is 99.0 Å². The van der Waals surface area contributed by atoms with Crippen molar-refractivity contribution in [1.82, 2.24) is 14.5 Å². The first-order valence-electron chi connectivity index (χ1n) is 8.85. The first kappa shape index (κ1) is 21.6. The number of ketones is 1. The zero-order valence-corrected chi connectivity index (χ0v) is 18.8. The Balaban J connectivity index is 1.52. The molecule has 0 spiro atoms. The van der Waals surface area contributed by atoms with Crippen LogP contribution in [-0.2, 0) is 21.1 Å². The molecule has 0 radical (unpaired) electrons. The zero-order chi connectivity index (χ0) is 22.2. The summed E-state index contributed by atoms with van der Waals surface area (Å²) in [5.74, 6) is -0.769. The number of nitrogens with zero attached hydrogens (tertiary/aromatic N) is 3. The molecule has 0 N–H and O–H groups in total. The zero-order valence-electron chi connectivity index (χ0n) is 15.7. The molecule has 0 fully saturated rings. The van der Waals surface area contributed by atoms with E-state index in [9.17, 15) is 18.0 Å². The van der Waals surface area contributed by atoms with Gasteiger partial charge in [-0.1, -0.05) is 29.3 Å². The lowest BCUT2D eigenvalue weighted by atomic mass is 10.1. The van der Waals surface area contributed by atoms with Crippen LogP contribution in [0.15, 0.2) is 64.0 Å². The molecule has 3 aromatic heterocycles. The van der Waals surface area contributed by atoms with E-state index >= 15 is 0 Å². The first-order valence-corrected chi connectivity index (χ1v) is 12.1. The number of sulfone groups is 1. The summed E-state index contributed by atoms with van der Waals surface area (Å²) < 4.78 is 26.3. The van der Waals surface area contributed by atoms with Gasteiger partial charge in [-0.05, 0) is 42.0 Å². The van der Waals surface area contributed by atoms with Gasteiger partial charge in [0.05, 0.1) is 15.2 Å². The van der Waals surface area contributed by atoms with Gasteiger partial charge in [-0.25, -0.2) is 18.4 Å². The van der Waals surface area contributed by atoms with Crippen molar-refractivity contribution in [2.75, 3.05) is 5.75 Å². The molecule has 0 saturated carbocycles. The van der Waals surface area contributed by atoms with Gasteiger partial charge in [0.2, 0.25) is 0 Å². The van der Waals surface area contributed by atoms with E-state index in [1.54, 1.807) is 30.3 Å². The van der Waals surface area contributed by atoms with Crippen LogP contribution in [0.4, 0.5) is 0 Å². The van der Waals surface area contributed by atoms with Crippen molar-refractivity contribution >= 4 is 61.1 Å².